The standard InChI is InChI=1S/C19H21BrN2O3/c1-24-17-6-3-5-16(13-17)21-8-10-22(11-9-21)19(23)14-25-18-7-2-4-15(20)12-18/h2-7,12-13H,8-11,14H2,1H3. The zero-order valence-corrected chi connectivity index (χ0v) is 15.7. The minimum Gasteiger partial charge on any atom is -0.497 e. The minimum absolute atomic E-state index is 0.0188. The number of ether oxygens (including phenoxy) is 2. The molecule has 1 saturated heterocycles. The zero-order valence-electron chi connectivity index (χ0n) is 14.2. The van der Waals surface area contributed by atoms with Crippen LogP contribution in [0.2, 0.25) is 0 Å². The van der Waals surface area contributed by atoms with Crippen molar-refractivity contribution < 1.29 is 14.3 Å². The van der Waals surface area contributed by atoms with E-state index in [1.165, 1.54) is 0 Å². The predicted molar refractivity (Wildman–Crippen MR) is 101 cm³/mol. The Balaban J connectivity index is 1.50. The number of carbonyl (C=O) groups excluding carboxylic acids is 1. The molecule has 0 saturated carbocycles. The predicted octanol–water partition coefficient (Wildman–Crippen LogP) is 3.19. The summed E-state index contributed by atoms with van der Waals surface area (Å²) in [5, 5.41) is 0. The van der Waals surface area contributed by atoms with Gasteiger partial charge in [0.1, 0.15) is 11.5 Å². The van der Waals surface area contributed by atoms with Crippen LogP contribution in [0.3, 0.4) is 0 Å². The van der Waals surface area contributed by atoms with Crippen LogP contribution in [-0.2, 0) is 4.79 Å². The van der Waals surface area contributed by atoms with Gasteiger partial charge < -0.3 is 19.3 Å². The highest BCUT2D eigenvalue weighted by Gasteiger charge is 2.21. The number of halogens is 1. The van der Waals surface area contributed by atoms with Gasteiger partial charge in [0.2, 0.25) is 0 Å². The molecule has 0 aromatic heterocycles. The van der Waals surface area contributed by atoms with Crippen LogP contribution in [0.1, 0.15) is 0 Å². The van der Waals surface area contributed by atoms with E-state index in [9.17, 15) is 4.79 Å². The molecule has 5 nitrogen and oxygen atoms in total. The molecule has 3 rings (SSSR count). The van der Waals surface area contributed by atoms with Gasteiger partial charge in [-0.25, -0.2) is 0 Å². The second-order valence-electron chi connectivity index (χ2n) is 5.82. The Morgan fingerprint density at radius 3 is 2.48 bits per heavy atom. The fourth-order valence-corrected chi connectivity index (χ4v) is 3.19. The molecule has 132 valence electrons. The SMILES string of the molecule is COc1cccc(N2CCN(C(=O)COc3cccc(Br)c3)CC2)c1. The first kappa shape index (κ1) is 17.6. The molecular formula is C19H21BrN2O3. The van der Waals surface area contributed by atoms with Gasteiger partial charge in [-0.3, -0.25) is 4.79 Å². The van der Waals surface area contributed by atoms with Crippen LogP contribution in [0, 0.1) is 0 Å². The summed E-state index contributed by atoms with van der Waals surface area (Å²) in [4.78, 5) is 16.5. The molecule has 1 aliphatic heterocycles. The van der Waals surface area contributed by atoms with Crippen molar-refractivity contribution in [3.63, 3.8) is 0 Å². The molecule has 1 fully saturated rings. The topological polar surface area (TPSA) is 42.0 Å². The summed E-state index contributed by atoms with van der Waals surface area (Å²) in [6.07, 6.45) is 0. The van der Waals surface area contributed by atoms with Crippen molar-refractivity contribution in [2.75, 3.05) is 44.8 Å². The molecule has 0 atom stereocenters. The molecule has 0 N–H and O–H groups in total. The van der Waals surface area contributed by atoms with E-state index in [1.54, 1.807) is 7.11 Å². The monoisotopic (exact) mass is 404 g/mol. The normalized spacial score (nSPS) is 14.3. The Morgan fingerprint density at radius 2 is 1.76 bits per heavy atom. The first-order valence-electron chi connectivity index (χ1n) is 8.21. The van der Waals surface area contributed by atoms with E-state index >= 15 is 0 Å². The summed E-state index contributed by atoms with van der Waals surface area (Å²) < 4.78 is 11.8. The highest BCUT2D eigenvalue weighted by Crippen LogP contribution is 2.22. The Kier molecular flexibility index (Phi) is 5.81. The molecule has 1 amide bonds. The van der Waals surface area contributed by atoms with Gasteiger partial charge in [-0.2, -0.15) is 0 Å². The maximum absolute atomic E-state index is 12.4. The molecule has 2 aromatic carbocycles. The lowest BCUT2D eigenvalue weighted by molar-refractivity contribution is -0.133. The van der Waals surface area contributed by atoms with E-state index in [0.29, 0.717) is 18.8 Å². The Hall–Kier alpha value is -2.21. The van der Waals surface area contributed by atoms with Gasteiger partial charge in [0, 0.05) is 42.4 Å². The fourth-order valence-electron chi connectivity index (χ4n) is 2.81. The van der Waals surface area contributed by atoms with E-state index < -0.39 is 0 Å². The van der Waals surface area contributed by atoms with Gasteiger partial charge in [-0.05, 0) is 30.3 Å². The lowest BCUT2D eigenvalue weighted by Crippen LogP contribution is -2.50. The highest BCUT2D eigenvalue weighted by molar-refractivity contribution is 9.10. The first-order chi connectivity index (χ1) is 12.2. The summed E-state index contributed by atoms with van der Waals surface area (Å²) in [6, 6.07) is 15.5. The third-order valence-electron chi connectivity index (χ3n) is 4.21. The second kappa shape index (κ2) is 8.25. The number of piperazine rings is 1. The quantitative estimate of drug-likeness (QED) is 0.767. The van der Waals surface area contributed by atoms with Gasteiger partial charge in [0.15, 0.2) is 6.61 Å². The molecular weight excluding hydrogens is 384 g/mol. The van der Waals surface area contributed by atoms with Crippen molar-refractivity contribution in [2.24, 2.45) is 0 Å². The van der Waals surface area contributed by atoms with E-state index in [0.717, 1.165) is 29.0 Å². The molecule has 2 aromatic rings. The Bertz CT molecular complexity index is 730. The summed E-state index contributed by atoms with van der Waals surface area (Å²) in [5.74, 6) is 1.56. The molecule has 0 bridgehead atoms. The minimum atomic E-state index is 0.0188. The lowest BCUT2D eigenvalue weighted by Gasteiger charge is -2.36. The molecule has 0 aliphatic carbocycles. The van der Waals surface area contributed by atoms with E-state index in [-0.39, 0.29) is 12.5 Å². The number of amides is 1. The van der Waals surface area contributed by atoms with Crippen molar-refractivity contribution in [3.05, 3.63) is 53.0 Å². The van der Waals surface area contributed by atoms with Gasteiger partial charge in [0.25, 0.3) is 5.91 Å². The molecule has 0 radical (unpaired) electrons. The number of carbonyl (C=O) groups is 1. The first-order valence-corrected chi connectivity index (χ1v) is 9.00. The second-order valence-corrected chi connectivity index (χ2v) is 6.73. The number of anilines is 1. The lowest BCUT2D eigenvalue weighted by atomic mass is 10.2. The van der Waals surface area contributed by atoms with E-state index in [4.69, 9.17) is 9.47 Å². The average molecular weight is 405 g/mol. The number of nitrogens with zero attached hydrogens (tertiary/aromatic N) is 2. The average Bonchev–Trinajstić information content (AvgIpc) is 2.66. The van der Waals surface area contributed by atoms with Crippen LogP contribution >= 0.6 is 15.9 Å². The zero-order chi connectivity index (χ0) is 17.6. The largest absolute Gasteiger partial charge is 0.497 e. The molecule has 1 aliphatic rings. The summed E-state index contributed by atoms with van der Waals surface area (Å²) in [6.45, 7) is 3.05. The van der Waals surface area contributed by atoms with Crippen LogP contribution < -0.4 is 14.4 Å². The maximum Gasteiger partial charge on any atom is 0.260 e. The molecule has 0 spiro atoms. The third-order valence-corrected chi connectivity index (χ3v) is 4.70. The highest BCUT2D eigenvalue weighted by atomic mass is 79.9. The summed E-state index contributed by atoms with van der Waals surface area (Å²) >= 11 is 3.39. The van der Waals surface area contributed by atoms with Crippen molar-refractivity contribution in [1.29, 1.82) is 0 Å². The molecule has 6 heteroatoms. The van der Waals surface area contributed by atoms with Crippen LogP contribution in [-0.4, -0.2) is 50.7 Å². The number of hydrogen-bond acceptors (Lipinski definition) is 4. The number of hydrogen-bond donors (Lipinski definition) is 0. The van der Waals surface area contributed by atoms with Crippen LogP contribution in [0.4, 0.5) is 5.69 Å². The number of methoxy groups -OCH3 is 1. The Morgan fingerprint density at radius 1 is 1.04 bits per heavy atom. The summed E-state index contributed by atoms with van der Waals surface area (Å²) in [7, 11) is 1.67. The van der Waals surface area contributed by atoms with Crippen molar-refractivity contribution in [1.82, 2.24) is 4.90 Å². The van der Waals surface area contributed by atoms with E-state index in [1.807, 2.05) is 47.4 Å². The van der Waals surface area contributed by atoms with E-state index in [2.05, 4.69) is 26.9 Å². The van der Waals surface area contributed by atoms with Crippen molar-refractivity contribution in [3.8, 4) is 11.5 Å². The Labute approximate surface area is 156 Å². The third kappa shape index (κ3) is 4.66. The van der Waals surface area contributed by atoms with Gasteiger partial charge >= 0.3 is 0 Å². The van der Waals surface area contributed by atoms with Crippen LogP contribution in [0.15, 0.2) is 53.0 Å². The van der Waals surface area contributed by atoms with Gasteiger partial charge in [-0.1, -0.05) is 28.1 Å². The summed E-state index contributed by atoms with van der Waals surface area (Å²) in [5.41, 5.74) is 1.12. The van der Waals surface area contributed by atoms with Crippen LogP contribution in [0.5, 0.6) is 11.5 Å². The van der Waals surface area contributed by atoms with Crippen molar-refractivity contribution >= 4 is 27.5 Å². The van der Waals surface area contributed by atoms with Gasteiger partial charge in [-0.15, -0.1) is 0 Å². The fraction of sp³-hybridized carbons (Fsp3) is 0.316. The molecule has 0 unspecified atom stereocenters. The maximum atomic E-state index is 12.4. The van der Waals surface area contributed by atoms with Crippen LogP contribution in [0.25, 0.3) is 0 Å². The number of rotatable bonds is 5. The smallest absolute Gasteiger partial charge is 0.260 e. The molecule has 1 heterocycles. The van der Waals surface area contributed by atoms with Crippen molar-refractivity contribution in [2.45, 2.75) is 0 Å². The number of benzene rings is 2. The van der Waals surface area contributed by atoms with Gasteiger partial charge in [0.05, 0.1) is 7.11 Å². The molecule has 25 heavy (non-hydrogen) atoms.